The first-order valence-corrected chi connectivity index (χ1v) is 6.00. The van der Waals surface area contributed by atoms with Crippen LogP contribution in [0.3, 0.4) is 0 Å². The summed E-state index contributed by atoms with van der Waals surface area (Å²) in [6.07, 6.45) is 0.285. The van der Waals surface area contributed by atoms with Crippen LogP contribution in [0.5, 0.6) is 11.5 Å². The maximum absolute atomic E-state index is 11.2. The molecule has 0 atom stereocenters. The first-order valence-electron chi connectivity index (χ1n) is 6.00. The summed E-state index contributed by atoms with van der Waals surface area (Å²) in [6.45, 7) is 2.92. The summed E-state index contributed by atoms with van der Waals surface area (Å²) >= 11 is 0. The van der Waals surface area contributed by atoms with Crippen molar-refractivity contribution in [1.29, 1.82) is 5.26 Å². The highest BCUT2D eigenvalue weighted by molar-refractivity contribution is 5.73. The Labute approximate surface area is 112 Å². The summed E-state index contributed by atoms with van der Waals surface area (Å²) in [6, 6.07) is 8.70. The van der Waals surface area contributed by atoms with Crippen LogP contribution in [-0.4, -0.2) is 25.9 Å². The maximum atomic E-state index is 11.2. The molecular formula is C13H17N3O3. The molecular weight excluding hydrogens is 246 g/mol. The van der Waals surface area contributed by atoms with E-state index in [0.717, 1.165) is 5.75 Å². The van der Waals surface area contributed by atoms with Gasteiger partial charge in [0.15, 0.2) is 6.73 Å². The lowest BCUT2D eigenvalue weighted by atomic mass is 10.3. The van der Waals surface area contributed by atoms with Crippen molar-refractivity contribution < 1.29 is 14.3 Å². The average molecular weight is 263 g/mol. The number of hydrogen-bond acceptors (Lipinski definition) is 4. The number of nitrogens with one attached hydrogen (secondary N) is 2. The standard InChI is InChI=1S/C13H17N3O3/c1-2-18-11-4-6-12(7-5-11)19-10-16-13(17)15-9-3-8-14/h4-7H,2-3,9-10H2,1H3,(H2,15,16,17). The van der Waals surface area contributed by atoms with Crippen molar-refractivity contribution in [2.45, 2.75) is 13.3 Å². The SMILES string of the molecule is CCOc1ccc(OCNC(=O)NCCC#N)cc1. The van der Waals surface area contributed by atoms with Gasteiger partial charge in [0, 0.05) is 6.54 Å². The van der Waals surface area contributed by atoms with E-state index in [9.17, 15) is 4.79 Å². The summed E-state index contributed by atoms with van der Waals surface area (Å²) in [5.41, 5.74) is 0. The molecule has 1 aromatic carbocycles. The highest BCUT2D eigenvalue weighted by atomic mass is 16.5. The molecule has 0 spiro atoms. The lowest BCUT2D eigenvalue weighted by Gasteiger charge is -2.09. The van der Waals surface area contributed by atoms with Gasteiger partial charge in [0.05, 0.1) is 19.1 Å². The van der Waals surface area contributed by atoms with Crippen LogP contribution in [0, 0.1) is 11.3 Å². The average Bonchev–Trinajstić information content (AvgIpc) is 2.41. The van der Waals surface area contributed by atoms with E-state index in [2.05, 4.69) is 10.6 Å². The maximum Gasteiger partial charge on any atom is 0.317 e. The van der Waals surface area contributed by atoms with E-state index in [1.165, 1.54) is 0 Å². The molecule has 19 heavy (non-hydrogen) atoms. The van der Waals surface area contributed by atoms with Crippen LogP contribution in [0.4, 0.5) is 4.79 Å². The molecule has 0 unspecified atom stereocenters. The van der Waals surface area contributed by atoms with Crippen LogP contribution < -0.4 is 20.1 Å². The number of carbonyl (C=O) groups is 1. The van der Waals surface area contributed by atoms with E-state index in [0.29, 0.717) is 18.9 Å². The van der Waals surface area contributed by atoms with Crippen molar-refractivity contribution in [1.82, 2.24) is 10.6 Å². The number of nitrogens with zero attached hydrogens (tertiary/aromatic N) is 1. The zero-order chi connectivity index (χ0) is 13.9. The van der Waals surface area contributed by atoms with E-state index in [-0.39, 0.29) is 19.2 Å². The summed E-state index contributed by atoms with van der Waals surface area (Å²) in [4.78, 5) is 11.2. The monoisotopic (exact) mass is 263 g/mol. The van der Waals surface area contributed by atoms with E-state index in [1.807, 2.05) is 13.0 Å². The lowest BCUT2D eigenvalue weighted by molar-refractivity contribution is 0.224. The van der Waals surface area contributed by atoms with Crippen LogP contribution >= 0.6 is 0 Å². The van der Waals surface area contributed by atoms with Crippen molar-refractivity contribution in [3.63, 3.8) is 0 Å². The Morgan fingerprint density at radius 3 is 2.42 bits per heavy atom. The summed E-state index contributed by atoms with van der Waals surface area (Å²) in [5.74, 6) is 1.41. The molecule has 1 aromatic rings. The third-order valence-corrected chi connectivity index (χ3v) is 2.13. The molecule has 0 heterocycles. The van der Waals surface area contributed by atoms with Gasteiger partial charge in [-0.1, -0.05) is 0 Å². The van der Waals surface area contributed by atoms with Crippen LogP contribution in [0.15, 0.2) is 24.3 Å². The summed E-state index contributed by atoms with van der Waals surface area (Å²) in [7, 11) is 0. The van der Waals surface area contributed by atoms with E-state index >= 15 is 0 Å². The molecule has 0 bridgehead atoms. The third kappa shape index (κ3) is 6.17. The van der Waals surface area contributed by atoms with Crippen molar-refractivity contribution in [2.75, 3.05) is 19.9 Å². The number of ether oxygens (including phenoxy) is 2. The molecule has 0 saturated carbocycles. The molecule has 0 aromatic heterocycles. The Morgan fingerprint density at radius 2 is 1.84 bits per heavy atom. The Kier molecular flexibility index (Phi) is 6.66. The van der Waals surface area contributed by atoms with Gasteiger partial charge in [0.25, 0.3) is 0 Å². The molecule has 0 aliphatic heterocycles. The second-order valence-corrected chi connectivity index (χ2v) is 3.53. The van der Waals surface area contributed by atoms with Crippen LogP contribution in [0.25, 0.3) is 0 Å². The molecule has 0 radical (unpaired) electrons. The van der Waals surface area contributed by atoms with Gasteiger partial charge in [0.2, 0.25) is 0 Å². The number of nitriles is 1. The molecule has 2 amide bonds. The fraction of sp³-hybridized carbons (Fsp3) is 0.385. The lowest BCUT2D eigenvalue weighted by Crippen LogP contribution is -2.38. The van der Waals surface area contributed by atoms with Crippen LogP contribution in [0.1, 0.15) is 13.3 Å². The number of hydrogen-bond donors (Lipinski definition) is 2. The van der Waals surface area contributed by atoms with Gasteiger partial charge in [0.1, 0.15) is 11.5 Å². The molecule has 0 aliphatic rings. The van der Waals surface area contributed by atoms with Crippen LogP contribution in [0.2, 0.25) is 0 Å². The zero-order valence-corrected chi connectivity index (χ0v) is 10.8. The number of benzene rings is 1. The van der Waals surface area contributed by atoms with Crippen molar-refractivity contribution in [2.24, 2.45) is 0 Å². The number of amides is 2. The van der Waals surface area contributed by atoms with Crippen molar-refractivity contribution in [3.05, 3.63) is 24.3 Å². The molecule has 6 nitrogen and oxygen atoms in total. The number of carbonyl (C=O) groups excluding carboxylic acids is 1. The molecule has 6 heteroatoms. The predicted octanol–water partition coefficient (Wildman–Crippen LogP) is 1.63. The third-order valence-electron chi connectivity index (χ3n) is 2.13. The minimum atomic E-state index is -0.360. The quantitative estimate of drug-likeness (QED) is 0.578. The second-order valence-electron chi connectivity index (χ2n) is 3.53. The minimum absolute atomic E-state index is 0.0619. The smallest absolute Gasteiger partial charge is 0.317 e. The zero-order valence-electron chi connectivity index (χ0n) is 10.8. The van der Waals surface area contributed by atoms with E-state index in [1.54, 1.807) is 24.3 Å². The molecule has 0 fully saturated rings. The fourth-order valence-corrected chi connectivity index (χ4v) is 1.28. The molecule has 2 N–H and O–H groups in total. The van der Waals surface area contributed by atoms with Gasteiger partial charge in [-0.25, -0.2) is 4.79 Å². The first kappa shape index (κ1) is 14.6. The van der Waals surface area contributed by atoms with Gasteiger partial charge in [-0.3, -0.25) is 0 Å². The molecule has 102 valence electrons. The van der Waals surface area contributed by atoms with Gasteiger partial charge >= 0.3 is 6.03 Å². The predicted molar refractivity (Wildman–Crippen MR) is 69.9 cm³/mol. The van der Waals surface area contributed by atoms with Gasteiger partial charge in [-0.05, 0) is 31.2 Å². The second kappa shape index (κ2) is 8.64. The van der Waals surface area contributed by atoms with E-state index < -0.39 is 0 Å². The van der Waals surface area contributed by atoms with Gasteiger partial charge < -0.3 is 20.1 Å². The van der Waals surface area contributed by atoms with Crippen molar-refractivity contribution >= 4 is 6.03 Å². The number of rotatable bonds is 7. The van der Waals surface area contributed by atoms with Gasteiger partial charge in [-0.15, -0.1) is 0 Å². The fourth-order valence-electron chi connectivity index (χ4n) is 1.28. The van der Waals surface area contributed by atoms with E-state index in [4.69, 9.17) is 14.7 Å². The Morgan fingerprint density at radius 1 is 1.21 bits per heavy atom. The topological polar surface area (TPSA) is 83.4 Å². The largest absolute Gasteiger partial charge is 0.494 e. The molecule has 1 rings (SSSR count). The minimum Gasteiger partial charge on any atom is -0.494 e. The highest BCUT2D eigenvalue weighted by Gasteiger charge is 1.99. The molecule has 0 saturated heterocycles. The normalized spacial score (nSPS) is 9.26. The Hall–Kier alpha value is -2.42. The van der Waals surface area contributed by atoms with Crippen LogP contribution in [-0.2, 0) is 0 Å². The number of urea groups is 1. The van der Waals surface area contributed by atoms with Crippen molar-refractivity contribution in [3.8, 4) is 17.6 Å². The highest BCUT2D eigenvalue weighted by Crippen LogP contribution is 2.16. The first-order chi connectivity index (χ1) is 9.26. The summed E-state index contributed by atoms with van der Waals surface area (Å²) in [5, 5.41) is 13.3. The Balaban J connectivity index is 2.21. The summed E-state index contributed by atoms with van der Waals surface area (Å²) < 4.78 is 10.6. The van der Waals surface area contributed by atoms with Gasteiger partial charge in [-0.2, -0.15) is 5.26 Å². The Bertz CT molecular complexity index is 426. The molecule has 0 aliphatic carbocycles.